The highest BCUT2D eigenvalue weighted by atomic mass is 16.4. The monoisotopic (exact) mass is 272 g/mol. The van der Waals surface area contributed by atoms with E-state index in [-0.39, 0.29) is 19.5 Å². The molecule has 8 heteroatoms. The first kappa shape index (κ1) is 14.8. The Kier molecular flexibility index (Phi) is 4.03. The van der Waals surface area contributed by atoms with Gasteiger partial charge in [-0.25, -0.2) is 14.4 Å². The van der Waals surface area contributed by atoms with Gasteiger partial charge in [0.15, 0.2) is 5.54 Å². The molecule has 1 rings (SSSR count). The van der Waals surface area contributed by atoms with Gasteiger partial charge in [-0.1, -0.05) is 5.57 Å². The summed E-state index contributed by atoms with van der Waals surface area (Å²) in [5, 5.41) is 27.5. The molecule has 106 valence electrons. The minimum atomic E-state index is -1.81. The lowest BCUT2D eigenvalue weighted by molar-refractivity contribution is -0.153. The minimum absolute atomic E-state index is 0.0488. The summed E-state index contributed by atoms with van der Waals surface area (Å²) in [6.45, 7) is 4.53. The molecule has 3 N–H and O–H groups in total. The van der Waals surface area contributed by atoms with E-state index in [4.69, 9.17) is 10.2 Å². The molecule has 8 nitrogen and oxygen atoms in total. The molecular formula is C11H16N2O6. The van der Waals surface area contributed by atoms with E-state index >= 15 is 0 Å². The Hall–Kier alpha value is -2.25. The fourth-order valence-corrected chi connectivity index (χ4v) is 2.27. The summed E-state index contributed by atoms with van der Waals surface area (Å²) < 4.78 is 0. The predicted octanol–water partition coefficient (Wildman–Crippen LogP) is 0.750. The van der Waals surface area contributed by atoms with Crippen LogP contribution < -0.4 is 0 Å². The van der Waals surface area contributed by atoms with Crippen molar-refractivity contribution in [2.24, 2.45) is 0 Å². The molecular weight excluding hydrogens is 256 g/mol. The smallest absolute Gasteiger partial charge is 0.408 e. The summed E-state index contributed by atoms with van der Waals surface area (Å²) in [7, 11) is 0. The number of rotatable bonds is 3. The fraction of sp³-hybridized carbons (Fsp3) is 0.545. The van der Waals surface area contributed by atoms with Crippen LogP contribution in [0, 0.1) is 0 Å². The van der Waals surface area contributed by atoms with Gasteiger partial charge in [-0.05, 0) is 6.92 Å². The Morgan fingerprint density at radius 2 is 1.74 bits per heavy atom. The van der Waals surface area contributed by atoms with Crippen LogP contribution in [-0.2, 0) is 4.79 Å². The molecule has 1 aliphatic rings. The second-order valence-corrected chi connectivity index (χ2v) is 4.61. The second-order valence-electron chi connectivity index (χ2n) is 4.61. The van der Waals surface area contributed by atoms with Gasteiger partial charge in [0.25, 0.3) is 0 Å². The van der Waals surface area contributed by atoms with E-state index < -0.39 is 30.2 Å². The van der Waals surface area contributed by atoms with Crippen LogP contribution in [0.5, 0.6) is 0 Å². The molecule has 0 bridgehead atoms. The number of hydrogen-bond donors (Lipinski definition) is 3. The third kappa shape index (κ3) is 2.78. The van der Waals surface area contributed by atoms with Crippen LogP contribution in [0.3, 0.4) is 0 Å². The maximum atomic E-state index is 11.5. The highest BCUT2D eigenvalue weighted by molar-refractivity contribution is 5.86. The molecule has 1 unspecified atom stereocenters. The number of carbonyl (C=O) groups is 3. The van der Waals surface area contributed by atoms with E-state index in [0.29, 0.717) is 5.57 Å². The number of amides is 2. The number of carboxylic acids is 1. The van der Waals surface area contributed by atoms with E-state index in [2.05, 4.69) is 6.58 Å². The Labute approximate surface area is 109 Å². The fourth-order valence-electron chi connectivity index (χ4n) is 2.27. The number of hydrogen-bond acceptors (Lipinski definition) is 3. The lowest BCUT2D eigenvalue weighted by Gasteiger charge is -2.46. The highest BCUT2D eigenvalue weighted by Gasteiger charge is 2.51. The van der Waals surface area contributed by atoms with Crippen molar-refractivity contribution in [1.82, 2.24) is 9.80 Å². The molecule has 0 aromatic heterocycles. The van der Waals surface area contributed by atoms with Crippen LogP contribution in [0.1, 0.15) is 13.3 Å². The van der Waals surface area contributed by atoms with Gasteiger partial charge in [-0.3, -0.25) is 4.90 Å². The summed E-state index contributed by atoms with van der Waals surface area (Å²) in [4.78, 5) is 35.4. The Morgan fingerprint density at radius 3 is 2.11 bits per heavy atom. The Morgan fingerprint density at radius 1 is 1.16 bits per heavy atom. The van der Waals surface area contributed by atoms with Crippen molar-refractivity contribution in [3.8, 4) is 0 Å². The molecule has 0 aliphatic carbocycles. The lowest BCUT2D eigenvalue weighted by atomic mass is 9.87. The van der Waals surface area contributed by atoms with Gasteiger partial charge >= 0.3 is 18.2 Å². The van der Waals surface area contributed by atoms with Gasteiger partial charge in [0.1, 0.15) is 0 Å². The number of piperazine rings is 1. The average molecular weight is 272 g/mol. The summed E-state index contributed by atoms with van der Waals surface area (Å²) in [6.07, 6.45) is -2.77. The zero-order valence-electron chi connectivity index (χ0n) is 10.5. The summed E-state index contributed by atoms with van der Waals surface area (Å²) in [6, 6.07) is 0. The van der Waals surface area contributed by atoms with E-state index in [0.717, 1.165) is 9.80 Å². The van der Waals surface area contributed by atoms with Crippen molar-refractivity contribution in [2.45, 2.75) is 18.9 Å². The molecule has 1 atom stereocenters. The Balaban J connectivity index is 3.21. The third-order valence-corrected chi connectivity index (χ3v) is 3.06. The first-order valence-electron chi connectivity index (χ1n) is 5.57. The van der Waals surface area contributed by atoms with Crippen LogP contribution in [0.15, 0.2) is 12.2 Å². The second kappa shape index (κ2) is 5.17. The Bertz CT molecular complexity index is 435. The lowest BCUT2D eigenvalue weighted by Crippen LogP contribution is -2.68. The quantitative estimate of drug-likeness (QED) is 0.652. The zero-order chi connectivity index (χ0) is 14.8. The number of aliphatic carboxylic acids is 1. The van der Waals surface area contributed by atoms with E-state index in [9.17, 15) is 19.5 Å². The molecule has 0 aromatic carbocycles. The minimum Gasteiger partial charge on any atom is -0.479 e. The van der Waals surface area contributed by atoms with Crippen molar-refractivity contribution in [2.75, 3.05) is 19.6 Å². The SMILES string of the molecule is C=C(C)CC1(C(=O)O)CN(C(=O)O)CCN1C(=O)O. The summed E-state index contributed by atoms with van der Waals surface area (Å²) >= 11 is 0. The van der Waals surface area contributed by atoms with Crippen LogP contribution in [0.4, 0.5) is 9.59 Å². The molecule has 1 heterocycles. The van der Waals surface area contributed by atoms with E-state index in [1.54, 1.807) is 6.92 Å². The van der Waals surface area contributed by atoms with Crippen molar-refractivity contribution < 1.29 is 29.7 Å². The molecule has 1 aliphatic heterocycles. The van der Waals surface area contributed by atoms with Crippen LogP contribution >= 0.6 is 0 Å². The summed E-state index contributed by atoms with van der Waals surface area (Å²) in [5.74, 6) is -1.37. The average Bonchev–Trinajstić information content (AvgIpc) is 2.26. The van der Waals surface area contributed by atoms with E-state index in [1.807, 2.05) is 0 Å². The molecule has 2 amide bonds. The maximum absolute atomic E-state index is 11.5. The van der Waals surface area contributed by atoms with Gasteiger partial charge in [0.2, 0.25) is 0 Å². The van der Waals surface area contributed by atoms with Gasteiger partial charge in [0, 0.05) is 19.5 Å². The molecule has 19 heavy (non-hydrogen) atoms. The first-order valence-corrected chi connectivity index (χ1v) is 5.57. The zero-order valence-corrected chi connectivity index (χ0v) is 10.5. The molecule has 1 fully saturated rings. The van der Waals surface area contributed by atoms with Crippen molar-refractivity contribution in [3.63, 3.8) is 0 Å². The van der Waals surface area contributed by atoms with Crippen LogP contribution in [0.25, 0.3) is 0 Å². The molecule has 0 radical (unpaired) electrons. The van der Waals surface area contributed by atoms with Crippen LogP contribution in [-0.4, -0.2) is 68.4 Å². The van der Waals surface area contributed by atoms with Crippen molar-refractivity contribution in [3.05, 3.63) is 12.2 Å². The predicted molar refractivity (Wildman–Crippen MR) is 64.1 cm³/mol. The maximum Gasteiger partial charge on any atom is 0.408 e. The number of carboxylic acid groups (broad SMARTS) is 3. The standard InChI is InChI=1S/C11H16N2O6/c1-7(2)5-11(8(14)15)6-12(9(16)17)3-4-13(11)10(18)19/h1,3-6H2,2H3,(H,14,15)(H,16,17)(H,18,19). The molecule has 0 saturated carbocycles. The summed E-state index contributed by atoms with van der Waals surface area (Å²) in [5.41, 5.74) is -1.34. The van der Waals surface area contributed by atoms with E-state index in [1.165, 1.54) is 0 Å². The topological polar surface area (TPSA) is 118 Å². The van der Waals surface area contributed by atoms with Crippen molar-refractivity contribution in [1.29, 1.82) is 0 Å². The normalized spacial score (nSPS) is 23.0. The third-order valence-electron chi connectivity index (χ3n) is 3.06. The van der Waals surface area contributed by atoms with Gasteiger partial charge in [-0.2, -0.15) is 0 Å². The first-order chi connectivity index (χ1) is 8.70. The van der Waals surface area contributed by atoms with Crippen molar-refractivity contribution >= 4 is 18.2 Å². The molecule has 0 aromatic rings. The van der Waals surface area contributed by atoms with Gasteiger partial charge < -0.3 is 20.2 Å². The van der Waals surface area contributed by atoms with Gasteiger partial charge in [0.05, 0.1) is 6.54 Å². The molecule has 0 spiro atoms. The van der Waals surface area contributed by atoms with Crippen LogP contribution in [0.2, 0.25) is 0 Å². The molecule has 1 saturated heterocycles. The highest BCUT2D eigenvalue weighted by Crippen LogP contribution is 2.29. The number of nitrogens with zero attached hydrogens (tertiary/aromatic N) is 2. The van der Waals surface area contributed by atoms with Gasteiger partial charge in [-0.15, -0.1) is 6.58 Å². The largest absolute Gasteiger partial charge is 0.479 e.